The predicted molar refractivity (Wildman–Crippen MR) is 95.3 cm³/mol. The molecule has 2 rings (SSSR count). The highest BCUT2D eigenvalue weighted by atomic mass is 127. The minimum absolute atomic E-state index is 0.216. The molecule has 0 saturated carbocycles. The van der Waals surface area contributed by atoms with Gasteiger partial charge < -0.3 is 5.73 Å². The van der Waals surface area contributed by atoms with Crippen LogP contribution >= 0.6 is 34.2 Å². The molecule has 3 N–H and O–H groups in total. The molecule has 0 aliphatic carbocycles. The largest absolute Gasteiger partial charge is 0.398 e. The Morgan fingerprint density at radius 2 is 1.86 bits per heavy atom. The van der Waals surface area contributed by atoms with Gasteiger partial charge in [0.25, 0.3) is 10.0 Å². The zero-order valence-electron chi connectivity index (χ0n) is 11.4. The van der Waals surface area contributed by atoms with Gasteiger partial charge in [0.1, 0.15) is 0 Å². The van der Waals surface area contributed by atoms with E-state index >= 15 is 0 Å². The van der Waals surface area contributed by atoms with Crippen molar-refractivity contribution in [3.8, 4) is 0 Å². The summed E-state index contributed by atoms with van der Waals surface area (Å²) in [5, 5.41) is 0.554. The summed E-state index contributed by atoms with van der Waals surface area (Å²) >= 11 is 7.91. The topological polar surface area (TPSA) is 72.2 Å². The maximum Gasteiger partial charge on any atom is 0.262 e. The highest BCUT2D eigenvalue weighted by Gasteiger charge is 2.21. The van der Waals surface area contributed by atoms with Gasteiger partial charge >= 0.3 is 0 Å². The monoisotopic (exact) mass is 436 g/mol. The third kappa shape index (κ3) is 3.44. The van der Waals surface area contributed by atoms with Crippen molar-refractivity contribution in [1.82, 2.24) is 0 Å². The number of hydrogen-bond donors (Lipinski definition) is 2. The van der Waals surface area contributed by atoms with E-state index in [1.54, 1.807) is 44.2 Å². The van der Waals surface area contributed by atoms with Gasteiger partial charge in [-0.05, 0) is 71.8 Å². The average Bonchev–Trinajstić information content (AvgIpc) is 2.37. The van der Waals surface area contributed by atoms with Crippen molar-refractivity contribution in [2.45, 2.75) is 18.7 Å². The lowest BCUT2D eigenvalue weighted by molar-refractivity contribution is 0.600. The van der Waals surface area contributed by atoms with E-state index in [0.29, 0.717) is 27.5 Å². The predicted octanol–water partition coefficient (Wildman–Crippen LogP) is 3.94. The van der Waals surface area contributed by atoms with E-state index in [0.717, 1.165) is 3.57 Å². The fourth-order valence-corrected chi connectivity index (χ4v) is 4.80. The summed E-state index contributed by atoms with van der Waals surface area (Å²) in [5.74, 6) is 0. The van der Waals surface area contributed by atoms with Gasteiger partial charge in [0.15, 0.2) is 0 Å². The van der Waals surface area contributed by atoms with Gasteiger partial charge in [0, 0.05) is 14.3 Å². The van der Waals surface area contributed by atoms with Crippen LogP contribution in [0.15, 0.2) is 35.2 Å². The van der Waals surface area contributed by atoms with Crippen molar-refractivity contribution >= 4 is 55.6 Å². The van der Waals surface area contributed by atoms with Crippen molar-refractivity contribution in [1.29, 1.82) is 0 Å². The Kier molecular flexibility index (Phi) is 4.69. The van der Waals surface area contributed by atoms with Crippen LogP contribution in [-0.4, -0.2) is 8.42 Å². The van der Waals surface area contributed by atoms with Crippen molar-refractivity contribution < 1.29 is 8.42 Å². The van der Waals surface area contributed by atoms with Crippen LogP contribution in [0.5, 0.6) is 0 Å². The normalized spacial score (nSPS) is 11.4. The number of halogens is 2. The standard InChI is InChI=1S/C14H14ClIN2O2S/c1-8-3-5-12(17)9(2)14(8)21(19,20)18-13-6-4-10(15)7-11(13)16/h3-7,18H,17H2,1-2H3. The molecule has 0 radical (unpaired) electrons. The van der Waals surface area contributed by atoms with Crippen molar-refractivity contribution in [3.05, 3.63) is 50.1 Å². The third-order valence-corrected chi connectivity index (χ3v) is 5.87. The molecule has 0 aromatic heterocycles. The summed E-state index contributed by atoms with van der Waals surface area (Å²) in [5.41, 5.74) is 7.95. The Balaban J connectivity index is 2.51. The zero-order valence-corrected chi connectivity index (χ0v) is 15.2. The molecule has 4 nitrogen and oxygen atoms in total. The van der Waals surface area contributed by atoms with E-state index in [1.165, 1.54) is 0 Å². The first-order valence-electron chi connectivity index (χ1n) is 6.06. The van der Waals surface area contributed by atoms with Crippen LogP contribution in [0.4, 0.5) is 11.4 Å². The van der Waals surface area contributed by atoms with Crippen LogP contribution in [0.3, 0.4) is 0 Å². The second-order valence-electron chi connectivity index (χ2n) is 4.66. The molecular weight excluding hydrogens is 423 g/mol. The maximum absolute atomic E-state index is 12.6. The van der Waals surface area contributed by atoms with Crippen LogP contribution in [0.1, 0.15) is 11.1 Å². The second kappa shape index (κ2) is 6.02. The van der Waals surface area contributed by atoms with E-state index < -0.39 is 10.0 Å². The molecule has 0 aliphatic rings. The Bertz CT molecular complexity index is 807. The number of sulfonamides is 1. The zero-order chi connectivity index (χ0) is 15.8. The number of nitrogen functional groups attached to an aromatic ring is 1. The number of benzene rings is 2. The van der Waals surface area contributed by atoms with Gasteiger partial charge in [-0.25, -0.2) is 8.42 Å². The first-order valence-corrected chi connectivity index (χ1v) is 9.00. The minimum atomic E-state index is -3.71. The average molecular weight is 437 g/mol. The number of nitrogens with two attached hydrogens (primary N) is 1. The quantitative estimate of drug-likeness (QED) is 0.565. The Morgan fingerprint density at radius 3 is 2.48 bits per heavy atom. The third-order valence-electron chi connectivity index (χ3n) is 3.09. The molecule has 21 heavy (non-hydrogen) atoms. The molecule has 0 unspecified atom stereocenters. The van der Waals surface area contributed by atoms with E-state index in [4.69, 9.17) is 17.3 Å². The Morgan fingerprint density at radius 1 is 1.19 bits per heavy atom. The van der Waals surface area contributed by atoms with Crippen LogP contribution < -0.4 is 10.5 Å². The molecule has 0 saturated heterocycles. The van der Waals surface area contributed by atoms with E-state index in [9.17, 15) is 8.42 Å². The first-order chi connectivity index (χ1) is 9.72. The van der Waals surface area contributed by atoms with E-state index in [1.807, 2.05) is 22.6 Å². The van der Waals surface area contributed by atoms with Crippen LogP contribution in [0.2, 0.25) is 5.02 Å². The molecule has 112 valence electrons. The molecule has 0 amide bonds. The smallest absolute Gasteiger partial charge is 0.262 e. The molecule has 0 spiro atoms. The molecule has 2 aromatic rings. The summed E-state index contributed by atoms with van der Waals surface area (Å²) in [6, 6.07) is 8.37. The highest BCUT2D eigenvalue weighted by Crippen LogP contribution is 2.29. The molecule has 0 heterocycles. The minimum Gasteiger partial charge on any atom is -0.398 e. The van der Waals surface area contributed by atoms with Crippen molar-refractivity contribution in [3.63, 3.8) is 0 Å². The molecular formula is C14H14ClIN2O2S. The lowest BCUT2D eigenvalue weighted by Gasteiger charge is -2.15. The fraction of sp³-hybridized carbons (Fsp3) is 0.143. The Labute approximate surface area is 142 Å². The van der Waals surface area contributed by atoms with Gasteiger partial charge in [-0.3, -0.25) is 4.72 Å². The maximum atomic E-state index is 12.6. The number of nitrogens with one attached hydrogen (secondary N) is 1. The van der Waals surface area contributed by atoms with Crippen LogP contribution in [0, 0.1) is 17.4 Å². The van der Waals surface area contributed by atoms with Gasteiger partial charge in [-0.1, -0.05) is 17.7 Å². The SMILES string of the molecule is Cc1ccc(N)c(C)c1S(=O)(=O)Nc1ccc(Cl)cc1I. The van der Waals surface area contributed by atoms with Gasteiger partial charge in [-0.15, -0.1) is 0 Å². The number of hydrogen-bond acceptors (Lipinski definition) is 3. The molecule has 0 aliphatic heterocycles. The van der Waals surface area contributed by atoms with Crippen LogP contribution in [-0.2, 0) is 10.0 Å². The van der Waals surface area contributed by atoms with E-state index in [2.05, 4.69) is 4.72 Å². The number of rotatable bonds is 3. The second-order valence-corrected chi connectivity index (χ2v) is 7.87. The summed E-state index contributed by atoms with van der Waals surface area (Å²) in [6.07, 6.45) is 0. The summed E-state index contributed by atoms with van der Waals surface area (Å²) in [7, 11) is -3.71. The van der Waals surface area contributed by atoms with Gasteiger partial charge in [0.2, 0.25) is 0 Å². The Hall–Kier alpha value is -0.990. The lowest BCUT2D eigenvalue weighted by atomic mass is 10.1. The van der Waals surface area contributed by atoms with E-state index in [-0.39, 0.29) is 4.90 Å². The first kappa shape index (κ1) is 16.4. The van der Waals surface area contributed by atoms with Crippen molar-refractivity contribution in [2.75, 3.05) is 10.5 Å². The lowest BCUT2D eigenvalue weighted by Crippen LogP contribution is -2.17. The molecule has 7 heteroatoms. The molecule has 0 bridgehead atoms. The molecule has 0 fully saturated rings. The fourth-order valence-electron chi connectivity index (χ4n) is 2.02. The van der Waals surface area contributed by atoms with Gasteiger partial charge in [-0.2, -0.15) is 0 Å². The molecule has 0 atom stereocenters. The summed E-state index contributed by atoms with van der Waals surface area (Å²) in [4.78, 5) is 0.216. The molecule has 2 aromatic carbocycles. The van der Waals surface area contributed by atoms with Crippen molar-refractivity contribution in [2.24, 2.45) is 0 Å². The number of aryl methyl sites for hydroxylation is 1. The van der Waals surface area contributed by atoms with Gasteiger partial charge in [0.05, 0.1) is 10.6 Å². The number of anilines is 2. The summed E-state index contributed by atoms with van der Waals surface area (Å²) in [6.45, 7) is 3.44. The van der Waals surface area contributed by atoms with Crippen LogP contribution in [0.25, 0.3) is 0 Å². The summed E-state index contributed by atoms with van der Waals surface area (Å²) < 4.78 is 28.6. The highest BCUT2D eigenvalue weighted by molar-refractivity contribution is 14.1.